The lowest BCUT2D eigenvalue weighted by molar-refractivity contribution is 0.264. The maximum atomic E-state index is 6.12. The summed E-state index contributed by atoms with van der Waals surface area (Å²) in [6, 6.07) is 8.03. The molecule has 1 aliphatic rings. The van der Waals surface area contributed by atoms with E-state index in [1.165, 1.54) is 19.3 Å². The fraction of sp³-hybridized carbons (Fsp3) is 0.455. The molecule has 2 heteroatoms. The smallest absolute Gasteiger partial charge is 0.0453 e. The fourth-order valence-corrected chi connectivity index (χ4v) is 2.06. The van der Waals surface area contributed by atoms with Crippen LogP contribution in [0.4, 0.5) is 0 Å². The summed E-state index contributed by atoms with van der Waals surface area (Å²) in [5.41, 5.74) is 7.22. The molecule has 0 heterocycles. The van der Waals surface area contributed by atoms with Crippen LogP contribution in [0.15, 0.2) is 24.3 Å². The molecule has 2 rings (SSSR count). The Kier molecular flexibility index (Phi) is 2.56. The third-order valence-corrected chi connectivity index (χ3v) is 3.27. The average Bonchev–Trinajstić information content (AvgIpc) is 2.01. The Morgan fingerprint density at radius 1 is 1.31 bits per heavy atom. The van der Waals surface area contributed by atoms with Gasteiger partial charge in [0.25, 0.3) is 0 Å². The minimum Gasteiger partial charge on any atom is -0.324 e. The highest BCUT2D eigenvalue weighted by Crippen LogP contribution is 2.38. The molecular weight excluding hydrogens is 182 g/mol. The van der Waals surface area contributed by atoms with Gasteiger partial charge in [0.1, 0.15) is 0 Å². The van der Waals surface area contributed by atoms with Crippen LogP contribution in [0.2, 0.25) is 5.02 Å². The van der Waals surface area contributed by atoms with Crippen molar-refractivity contribution in [1.82, 2.24) is 0 Å². The molecule has 1 saturated carbocycles. The molecule has 13 heavy (non-hydrogen) atoms. The van der Waals surface area contributed by atoms with E-state index in [2.05, 4.69) is 0 Å². The van der Waals surface area contributed by atoms with Crippen molar-refractivity contribution in [2.45, 2.75) is 25.3 Å². The Balaban J connectivity index is 2.18. The van der Waals surface area contributed by atoms with Gasteiger partial charge in [0.2, 0.25) is 0 Å². The molecule has 70 valence electrons. The largest absolute Gasteiger partial charge is 0.324 e. The number of rotatable bonds is 2. The summed E-state index contributed by atoms with van der Waals surface area (Å²) in [6.45, 7) is 0. The number of halogens is 1. The predicted molar refractivity (Wildman–Crippen MR) is 55.7 cm³/mol. The van der Waals surface area contributed by atoms with E-state index in [1.807, 2.05) is 24.3 Å². The highest BCUT2D eigenvalue weighted by atomic mass is 35.5. The highest BCUT2D eigenvalue weighted by molar-refractivity contribution is 6.31. The van der Waals surface area contributed by atoms with Gasteiger partial charge in [0.15, 0.2) is 0 Å². The minimum atomic E-state index is 0.141. The van der Waals surface area contributed by atoms with Crippen LogP contribution in [0.5, 0.6) is 0 Å². The zero-order valence-electron chi connectivity index (χ0n) is 7.54. The summed E-state index contributed by atoms with van der Waals surface area (Å²) in [5.74, 6) is 0.653. The van der Waals surface area contributed by atoms with Crippen LogP contribution in [0.25, 0.3) is 0 Å². The zero-order chi connectivity index (χ0) is 9.26. The Bertz CT molecular complexity index is 294. The second-order valence-corrected chi connectivity index (χ2v) is 4.15. The van der Waals surface area contributed by atoms with Crippen molar-refractivity contribution >= 4 is 11.6 Å². The molecule has 1 aromatic carbocycles. The summed E-state index contributed by atoms with van der Waals surface area (Å²) in [5, 5.41) is 0.807. The van der Waals surface area contributed by atoms with Crippen LogP contribution in [0.3, 0.4) is 0 Å². The molecule has 1 aliphatic carbocycles. The second-order valence-electron chi connectivity index (χ2n) is 3.74. The third kappa shape index (κ3) is 1.72. The second kappa shape index (κ2) is 3.69. The van der Waals surface area contributed by atoms with Crippen molar-refractivity contribution in [3.05, 3.63) is 34.9 Å². The molecule has 1 aromatic rings. The van der Waals surface area contributed by atoms with Gasteiger partial charge in [-0.25, -0.2) is 0 Å². The molecule has 0 spiro atoms. The van der Waals surface area contributed by atoms with Crippen LogP contribution in [0.1, 0.15) is 30.9 Å². The standard InChI is InChI=1S/C11H14ClN/c12-10-7-2-1-6-9(10)11(13)8-4-3-5-8/h1-2,6-8,11H,3-5,13H2. The van der Waals surface area contributed by atoms with E-state index in [9.17, 15) is 0 Å². The van der Waals surface area contributed by atoms with Crippen molar-refractivity contribution in [3.63, 3.8) is 0 Å². The summed E-state index contributed by atoms with van der Waals surface area (Å²) >= 11 is 6.06. The topological polar surface area (TPSA) is 26.0 Å². The van der Waals surface area contributed by atoms with E-state index in [0.29, 0.717) is 5.92 Å². The molecule has 0 radical (unpaired) electrons. The van der Waals surface area contributed by atoms with Crippen molar-refractivity contribution in [2.75, 3.05) is 0 Å². The Labute approximate surface area is 83.9 Å². The lowest BCUT2D eigenvalue weighted by Crippen LogP contribution is -2.26. The van der Waals surface area contributed by atoms with E-state index in [4.69, 9.17) is 17.3 Å². The van der Waals surface area contributed by atoms with Crippen LogP contribution in [0, 0.1) is 5.92 Å². The Morgan fingerprint density at radius 2 is 2.00 bits per heavy atom. The van der Waals surface area contributed by atoms with Crippen molar-refractivity contribution in [3.8, 4) is 0 Å². The number of hydrogen-bond donors (Lipinski definition) is 1. The van der Waals surface area contributed by atoms with E-state index >= 15 is 0 Å². The van der Waals surface area contributed by atoms with Gasteiger partial charge >= 0.3 is 0 Å². The van der Waals surface area contributed by atoms with E-state index in [1.54, 1.807) is 0 Å². The maximum Gasteiger partial charge on any atom is 0.0453 e. The molecule has 1 atom stereocenters. The quantitative estimate of drug-likeness (QED) is 0.771. The molecule has 0 aromatic heterocycles. The van der Waals surface area contributed by atoms with Gasteiger partial charge < -0.3 is 5.73 Å². The van der Waals surface area contributed by atoms with Gasteiger partial charge in [-0.2, -0.15) is 0 Å². The van der Waals surface area contributed by atoms with Gasteiger partial charge in [0.05, 0.1) is 0 Å². The van der Waals surface area contributed by atoms with Gasteiger partial charge in [-0.05, 0) is 30.4 Å². The van der Waals surface area contributed by atoms with Crippen LogP contribution >= 0.6 is 11.6 Å². The molecule has 0 amide bonds. The lowest BCUT2D eigenvalue weighted by Gasteiger charge is -2.31. The lowest BCUT2D eigenvalue weighted by atomic mass is 9.77. The van der Waals surface area contributed by atoms with Crippen LogP contribution in [-0.4, -0.2) is 0 Å². The Hall–Kier alpha value is -0.530. The first-order chi connectivity index (χ1) is 6.29. The number of nitrogens with two attached hydrogens (primary N) is 1. The van der Waals surface area contributed by atoms with Crippen molar-refractivity contribution < 1.29 is 0 Å². The van der Waals surface area contributed by atoms with Crippen molar-refractivity contribution in [1.29, 1.82) is 0 Å². The highest BCUT2D eigenvalue weighted by Gasteiger charge is 2.26. The monoisotopic (exact) mass is 195 g/mol. The molecule has 0 bridgehead atoms. The zero-order valence-corrected chi connectivity index (χ0v) is 8.30. The minimum absolute atomic E-state index is 0.141. The van der Waals surface area contributed by atoms with E-state index in [0.717, 1.165) is 10.6 Å². The average molecular weight is 196 g/mol. The summed E-state index contributed by atoms with van der Waals surface area (Å²) in [4.78, 5) is 0. The van der Waals surface area contributed by atoms with Gasteiger partial charge in [-0.1, -0.05) is 36.2 Å². The first-order valence-electron chi connectivity index (χ1n) is 4.79. The molecule has 0 aliphatic heterocycles. The predicted octanol–water partition coefficient (Wildman–Crippen LogP) is 3.14. The molecule has 0 saturated heterocycles. The number of hydrogen-bond acceptors (Lipinski definition) is 1. The number of benzene rings is 1. The van der Waals surface area contributed by atoms with E-state index < -0.39 is 0 Å². The molecule has 1 unspecified atom stereocenters. The molecule has 1 fully saturated rings. The van der Waals surface area contributed by atoms with E-state index in [-0.39, 0.29) is 6.04 Å². The summed E-state index contributed by atoms with van der Waals surface area (Å²) in [7, 11) is 0. The van der Waals surface area contributed by atoms with Crippen molar-refractivity contribution in [2.24, 2.45) is 11.7 Å². The first kappa shape index (κ1) is 9.04. The van der Waals surface area contributed by atoms with Gasteiger partial charge in [0, 0.05) is 11.1 Å². The normalized spacial score (nSPS) is 19.5. The maximum absolute atomic E-state index is 6.12. The molecule has 1 nitrogen and oxygen atoms in total. The fourth-order valence-electron chi connectivity index (χ4n) is 1.80. The summed E-state index contributed by atoms with van der Waals surface area (Å²) < 4.78 is 0. The SMILES string of the molecule is NC(c1ccccc1Cl)C1CCC1. The van der Waals surface area contributed by atoms with Crippen LogP contribution < -0.4 is 5.73 Å². The third-order valence-electron chi connectivity index (χ3n) is 2.92. The molecular formula is C11H14ClN. The summed E-state index contributed by atoms with van der Waals surface area (Å²) in [6.07, 6.45) is 3.83. The first-order valence-corrected chi connectivity index (χ1v) is 5.17. The van der Waals surface area contributed by atoms with Gasteiger partial charge in [-0.15, -0.1) is 0 Å². The molecule has 2 N–H and O–H groups in total. The Morgan fingerprint density at radius 3 is 2.54 bits per heavy atom. The van der Waals surface area contributed by atoms with Crippen LogP contribution in [-0.2, 0) is 0 Å². The van der Waals surface area contributed by atoms with Gasteiger partial charge in [-0.3, -0.25) is 0 Å².